The van der Waals surface area contributed by atoms with Gasteiger partial charge >= 0.3 is 0 Å². The van der Waals surface area contributed by atoms with Crippen LogP contribution in [0.3, 0.4) is 0 Å². The van der Waals surface area contributed by atoms with Gasteiger partial charge in [0.2, 0.25) is 0 Å². The Balaban J connectivity index is 1.74. The molecule has 1 aromatic rings. The summed E-state index contributed by atoms with van der Waals surface area (Å²) >= 11 is 3.65. The fourth-order valence-electron chi connectivity index (χ4n) is 3.91. The SMILES string of the molecule is COCc1c(Br)cccc1NC1CCCC1C1CCCN1. The maximum absolute atomic E-state index is 5.36. The van der Waals surface area contributed by atoms with Crippen molar-refractivity contribution in [1.82, 2.24) is 5.32 Å². The molecule has 21 heavy (non-hydrogen) atoms. The first kappa shape index (κ1) is 15.3. The molecule has 3 atom stereocenters. The molecule has 0 aromatic heterocycles. The van der Waals surface area contributed by atoms with Crippen molar-refractivity contribution in [2.45, 2.75) is 50.8 Å². The van der Waals surface area contributed by atoms with Crippen molar-refractivity contribution in [3.8, 4) is 0 Å². The zero-order chi connectivity index (χ0) is 14.7. The van der Waals surface area contributed by atoms with Crippen molar-refractivity contribution in [3.63, 3.8) is 0 Å². The number of nitrogens with one attached hydrogen (secondary N) is 2. The van der Waals surface area contributed by atoms with Crippen molar-refractivity contribution >= 4 is 21.6 Å². The van der Waals surface area contributed by atoms with Crippen LogP contribution in [0.25, 0.3) is 0 Å². The van der Waals surface area contributed by atoms with E-state index in [1.54, 1.807) is 7.11 Å². The maximum atomic E-state index is 5.36. The van der Waals surface area contributed by atoms with Crippen molar-refractivity contribution in [2.75, 3.05) is 19.0 Å². The molecule has 1 saturated heterocycles. The first-order valence-corrected chi connectivity index (χ1v) is 8.85. The Morgan fingerprint density at radius 3 is 2.95 bits per heavy atom. The lowest BCUT2D eigenvalue weighted by atomic mass is 9.93. The van der Waals surface area contributed by atoms with Crippen molar-refractivity contribution in [3.05, 3.63) is 28.2 Å². The molecule has 2 fully saturated rings. The first-order valence-electron chi connectivity index (χ1n) is 8.06. The summed E-state index contributed by atoms with van der Waals surface area (Å²) in [6.07, 6.45) is 6.64. The van der Waals surface area contributed by atoms with E-state index in [0.717, 1.165) is 10.4 Å². The first-order chi connectivity index (χ1) is 10.3. The number of anilines is 1. The molecule has 1 heterocycles. The highest BCUT2D eigenvalue weighted by atomic mass is 79.9. The number of hydrogen-bond acceptors (Lipinski definition) is 3. The minimum Gasteiger partial charge on any atom is -0.382 e. The Hall–Kier alpha value is -0.580. The quantitative estimate of drug-likeness (QED) is 0.842. The molecular weight excluding hydrogens is 328 g/mol. The molecule has 0 spiro atoms. The van der Waals surface area contributed by atoms with Gasteiger partial charge in [-0.1, -0.05) is 28.4 Å². The van der Waals surface area contributed by atoms with Gasteiger partial charge in [0.1, 0.15) is 0 Å². The van der Waals surface area contributed by atoms with Crippen LogP contribution in [0.5, 0.6) is 0 Å². The number of hydrogen-bond donors (Lipinski definition) is 2. The van der Waals surface area contributed by atoms with E-state index in [4.69, 9.17) is 4.74 Å². The molecule has 0 amide bonds. The maximum Gasteiger partial charge on any atom is 0.0744 e. The standard InChI is InChI=1S/C17H25BrN2O/c1-21-11-13-14(18)6-3-8-17(13)20-16-7-2-5-12(16)15-9-4-10-19-15/h3,6,8,12,15-16,19-20H,2,4-5,7,9-11H2,1H3. The van der Waals surface area contributed by atoms with E-state index < -0.39 is 0 Å². The van der Waals surface area contributed by atoms with Crippen LogP contribution in [-0.2, 0) is 11.3 Å². The van der Waals surface area contributed by atoms with Crippen molar-refractivity contribution < 1.29 is 4.74 Å². The minimum atomic E-state index is 0.588. The summed E-state index contributed by atoms with van der Waals surface area (Å²) < 4.78 is 6.49. The van der Waals surface area contributed by atoms with Gasteiger partial charge in [0.05, 0.1) is 6.61 Å². The van der Waals surface area contributed by atoms with Crippen molar-refractivity contribution in [2.24, 2.45) is 5.92 Å². The lowest BCUT2D eigenvalue weighted by molar-refractivity contribution is 0.184. The van der Waals surface area contributed by atoms with Gasteiger partial charge < -0.3 is 15.4 Å². The summed E-state index contributed by atoms with van der Waals surface area (Å²) in [5.41, 5.74) is 2.45. The van der Waals surface area contributed by atoms with E-state index in [0.29, 0.717) is 18.7 Å². The Bertz CT molecular complexity index is 474. The molecule has 3 unspecified atom stereocenters. The summed E-state index contributed by atoms with van der Waals surface area (Å²) in [7, 11) is 1.75. The fourth-order valence-corrected chi connectivity index (χ4v) is 4.39. The second-order valence-corrected chi connectivity index (χ2v) is 7.10. The molecule has 4 heteroatoms. The number of benzene rings is 1. The molecule has 3 rings (SSSR count). The van der Waals surface area contributed by atoms with E-state index in [9.17, 15) is 0 Å². The van der Waals surface area contributed by atoms with Gasteiger partial charge in [-0.05, 0) is 50.3 Å². The molecule has 1 aliphatic heterocycles. The summed E-state index contributed by atoms with van der Waals surface area (Å²) in [5, 5.41) is 7.50. The monoisotopic (exact) mass is 352 g/mol. The van der Waals surface area contributed by atoms with E-state index in [-0.39, 0.29) is 0 Å². The van der Waals surface area contributed by atoms with Crippen LogP contribution < -0.4 is 10.6 Å². The number of methoxy groups -OCH3 is 1. The van der Waals surface area contributed by atoms with Gasteiger partial charge in [0, 0.05) is 34.9 Å². The highest BCUT2D eigenvalue weighted by Crippen LogP contribution is 2.35. The number of ether oxygens (including phenoxy) is 1. The highest BCUT2D eigenvalue weighted by Gasteiger charge is 2.35. The number of halogens is 1. The zero-order valence-electron chi connectivity index (χ0n) is 12.7. The van der Waals surface area contributed by atoms with Gasteiger partial charge in [0.25, 0.3) is 0 Å². The third-order valence-corrected chi connectivity index (χ3v) is 5.68. The van der Waals surface area contributed by atoms with E-state index in [1.165, 1.54) is 49.9 Å². The molecule has 1 saturated carbocycles. The van der Waals surface area contributed by atoms with Crippen molar-refractivity contribution in [1.29, 1.82) is 0 Å². The van der Waals surface area contributed by atoms with E-state index in [1.807, 2.05) is 0 Å². The smallest absolute Gasteiger partial charge is 0.0744 e. The third kappa shape index (κ3) is 3.43. The van der Waals surface area contributed by atoms with Crippen LogP contribution in [0.2, 0.25) is 0 Å². The number of rotatable bonds is 5. The summed E-state index contributed by atoms with van der Waals surface area (Å²) in [6.45, 7) is 1.84. The normalized spacial score (nSPS) is 29.0. The Labute approximate surface area is 136 Å². The van der Waals surface area contributed by atoms with Gasteiger partial charge in [-0.2, -0.15) is 0 Å². The van der Waals surface area contributed by atoms with Crippen LogP contribution in [0.15, 0.2) is 22.7 Å². The zero-order valence-corrected chi connectivity index (χ0v) is 14.3. The molecular formula is C17H25BrN2O. The van der Waals surface area contributed by atoms with Crippen LogP contribution in [0, 0.1) is 5.92 Å². The van der Waals surface area contributed by atoms with Crippen LogP contribution in [0.1, 0.15) is 37.7 Å². The molecule has 1 aromatic carbocycles. The van der Waals surface area contributed by atoms with Gasteiger partial charge in [-0.25, -0.2) is 0 Å². The average molecular weight is 353 g/mol. The molecule has 0 radical (unpaired) electrons. The molecule has 3 nitrogen and oxygen atoms in total. The molecule has 2 aliphatic rings. The van der Waals surface area contributed by atoms with Crippen LogP contribution in [0.4, 0.5) is 5.69 Å². The highest BCUT2D eigenvalue weighted by molar-refractivity contribution is 9.10. The van der Waals surface area contributed by atoms with Gasteiger partial charge in [-0.15, -0.1) is 0 Å². The Kier molecular flexibility index (Phi) is 5.19. The van der Waals surface area contributed by atoms with Crippen LogP contribution in [-0.4, -0.2) is 25.7 Å². The van der Waals surface area contributed by atoms with Gasteiger partial charge in [-0.3, -0.25) is 0 Å². The lowest BCUT2D eigenvalue weighted by Crippen LogP contribution is -2.38. The van der Waals surface area contributed by atoms with E-state index >= 15 is 0 Å². The lowest BCUT2D eigenvalue weighted by Gasteiger charge is -2.28. The fraction of sp³-hybridized carbons (Fsp3) is 0.647. The van der Waals surface area contributed by atoms with E-state index in [2.05, 4.69) is 44.8 Å². The molecule has 2 N–H and O–H groups in total. The average Bonchev–Trinajstić information content (AvgIpc) is 3.13. The summed E-state index contributed by atoms with van der Waals surface area (Å²) in [4.78, 5) is 0. The predicted octanol–water partition coefficient (Wildman–Crippen LogP) is 3.93. The Morgan fingerprint density at radius 2 is 2.19 bits per heavy atom. The summed E-state index contributed by atoms with van der Waals surface area (Å²) in [5.74, 6) is 0.766. The second kappa shape index (κ2) is 7.12. The predicted molar refractivity (Wildman–Crippen MR) is 90.6 cm³/mol. The topological polar surface area (TPSA) is 33.3 Å². The van der Waals surface area contributed by atoms with Crippen LogP contribution >= 0.6 is 15.9 Å². The summed E-state index contributed by atoms with van der Waals surface area (Å²) in [6, 6.07) is 7.66. The Morgan fingerprint density at radius 1 is 1.29 bits per heavy atom. The third-order valence-electron chi connectivity index (χ3n) is 4.93. The minimum absolute atomic E-state index is 0.588. The second-order valence-electron chi connectivity index (χ2n) is 6.25. The molecule has 116 valence electrons. The largest absolute Gasteiger partial charge is 0.382 e. The molecule has 1 aliphatic carbocycles. The molecule has 0 bridgehead atoms. The van der Waals surface area contributed by atoms with Gasteiger partial charge in [0.15, 0.2) is 0 Å².